The van der Waals surface area contributed by atoms with Crippen molar-refractivity contribution in [3.63, 3.8) is 0 Å². The molecule has 17 heavy (non-hydrogen) atoms. The summed E-state index contributed by atoms with van der Waals surface area (Å²) in [4.78, 5) is 22.9. The number of Topliss-reactive ketones (excluding diaryl/α,β-unsaturated/α-hetero) is 1. The van der Waals surface area contributed by atoms with E-state index in [1.807, 2.05) is 0 Å². The number of carbonyl (C=O) groups excluding carboxylic acids is 2. The first-order chi connectivity index (χ1) is 7.81. The zero-order valence-corrected chi connectivity index (χ0v) is 9.33. The summed E-state index contributed by atoms with van der Waals surface area (Å²) >= 11 is 0. The van der Waals surface area contributed by atoms with E-state index in [2.05, 4.69) is 0 Å². The van der Waals surface area contributed by atoms with Crippen molar-refractivity contribution in [2.75, 3.05) is 0 Å². The van der Waals surface area contributed by atoms with E-state index in [-0.39, 0.29) is 23.0 Å². The molecule has 4 saturated carbocycles. The van der Waals surface area contributed by atoms with Gasteiger partial charge in [-0.25, -0.2) is 4.79 Å². The number of ketones is 1. The third-order valence-electron chi connectivity index (χ3n) is 5.40. The molecule has 0 saturated heterocycles. The molecule has 0 N–H and O–H groups in total. The van der Waals surface area contributed by atoms with Gasteiger partial charge in [0.15, 0.2) is 0 Å². The Morgan fingerprint density at radius 3 is 2.65 bits per heavy atom. The van der Waals surface area contributed by atoms with Gasteiger partial charge in [0.05, 0.1) is 0 Å². The summed E-state index contributed by atoms with van der Waals surface area (Å²) < 4.78 is 30.7. The zero-order valence-electron chi connectivity index (χ0n) is 9.33. The largest absolute Gasteiger partial charge is 0.454 e. The molecule has 3 nitrogen and oxygen atoms in total. The molecular weight excluding hydrogens is 230 g/mol. The van der Waals surface area contributed by atoms with Crippen molar-refractivity contribution in [2.45, 2.75) is 37.7 Å². The molecular formula is C12H12F2O3. The molecule has 0 aromatic rings. The second-order valence-corrected chi connectivity index (χ2v) is 6.15. The first-order valence-electron chi connectivity index (χ1n) is 5.96. The molecule has 4 fully saturated rings. The number of alkyl halides is 2. The van der Waals surface area contributed by atoms with E-state index in [9.17, 15) is 18.4 Å². The molecule has 0 aliphatic heterocycles. The van der Waals surface area contributed by atoms with E-state index in [1.54, 1.807) is 0 Å². The summed E-state index contributed by atoms with van der Waals surface area (Å²) in [6.45, 7) is 0.555. The first-order valence-corrected chi connectivity index (χ1v) is 5.96. The van der Waals surface area contributed by atoms with Crippen molar-refractivity contribution in [1.82, 2.24) is 0 Å². The highest BCUT2D eigenvalue weighted by molar-refractivity contribution is 5.95. The number of rotatable bonds is 2. The number of hydrogen-bond acceptors (Lipinski definition) is 3. The minimum Gasteiger partial charge on any atom is -0.454 e. The van der Waals surface area contributed by atoms with Gasteiger partial charge < -0.3 is 4.74 Å². The summed E-state index contributed by atoms with van der Waals surface area (Å²) in [5, 5.41) is 0. The summed E-state index contributed by atoms with van der Waals surface area (Å²) in [5.74, 6) is -4.16. The molecule has 4 rings (SSSR count). The monoisotopic (exact) mass is 242 g/mol. The lowest BCUT2D eigenvalue weighted by molar-refractivity contribution is -0.180. The van der Waals surface area contributed by atoms with Crippen LogP contribution in [-0.4, -0.2) is 23.3 Å². The predicted octanol–water partition coefficient (Wildman–Crippen LogP) is 1.55. The minimum absolute atomic E-state index is 0.0132. The van der Waals surface area contributed by atoms with Gasteiger partial charge in [0.25, 0.3) is 0 Å². The zero-order chi connectivity index (χ0) is 12.2. The van der Waals surface area contributed by atoms with Gasteiger partial charge in [0.2, 0.25) is 0 Å². The SMILES string of the molecule is CC(F)(F)C(=O)OC12CC3C(=O)C4CC1(C2)C34. The molecule has 0 bridgehead atoms. The quantitative estimate of drug-likeness (QED) is 0.690. The second kappa shape index (κ2) is 2.27. The average Bonchev–Trinajstić information content (AvgIpc) is 2.79. The molecule has 0 amide bonds. The van der Waals surface area contributed by atoms with Gasteiger partial charge in [-0.05, 0) is 25.2 Å². The van der Waals surface area contributed by atoms with Crippen LogP contribution in [0.15, 0.2) is 0 Å². The van der Waals surface area contributed by atoms with Gasteiger partial charge in [0, 0.05) is 24.2 Å². The Labute approximate surface area is 96.5 Å². The van der Waals surface area contributed by atoms with Crippen molar-refractivity contribution in [3.8, 4) is 0 Å². The van der Waals surface area contributed by atoms with E-state index in [4.69, 9.17) is 4.74 Å². The topological polar surface area (TPSA) is 43.4 Å². The molecule has 0 radical (unpaired) electrons. The summed E-state index contributed by atoms with van der Waals surface area (Å²) in [6.07, 6.45) is 1.91. The highest BCUT2D eigenvalue weighted by atomic mass is 19.3. The van der Waals surface area contributed by atoms with E-state index in [0.717, 1.165) is 6.42 Å². The van der Waals surface area contributed by atoms with Crippen molar-refractivity contribution in [2.24, 2.45) is 23.2 Å². The molecule has 5 atom stereocenters. The third-order valence-corrected chi connectivity index (χ3v) is 5.40. The van der Waals surface area contributed by atoms with Crippen LogP contribution in [0.1, 0.15) is 26.2 Å². The van der Waals surface area contributed by atoms with Crippen LogP contribution in [0.4, 0.5) is 8.78 Å². The minimum atomic E-state index is -3.44. The van der Waals surface area contributed by atoms with Gasteiger partial charge in [-0.1, -0.05) is 0 Å². The van der Waals surface area contributed by atoms with Crippen LogP contribution in [0.2, 0.25) is 0 Å². The fraction of sp³-hybridized carbons (Fsp3) is 0.833. The van der Waals surface area contributed by atoms with Gasteiger partial charge in [-0.2, -0.15) is 8.78 Å². The fourth-order valence-corrected chi connectivity index (χ4v) is 4.61. The lowest BCUT2D eigenvalue weighted by Crippen LogP contribution is -2.58. The Balaban J connectivity index is 1.58. The summed E-state index contributed by atoms with van der Waals surface area (Å²) in [6, 6.07) is 0. The Bertz CT molecular complexity index is 469. The van der Waals surface area contributed by atoms with E-state index in [1.165, 1.54) is 0 Å². The smallest absolute Gasteiger partial charge is 0.377 e. The van der Waals surface area contributed by atoms with Crippen LogP contribution >= 0.6 is 0 Å². The Morgan fingerprint density at radius 1 is 1.41 bits per heavy atom. The maximum atomic E-state index is 12.8. The number of hydrogen-bond donors (Lipinski definition) is 0. The van der Waals surface area contributed by atoms with E-state index < -0.39 is 17.5 Å². The molecule has 5 unspecified atom stereocenters. The molecule has 4 aliphatic rings. The number of esters is 1. The van der Waals surface area contributed by atoms with Crippen LogP contribution in [0.5, 0.6) is 0 Å². The second-order valence-electron chi connectivity index (χ2n) is 6.15. The van der Waals surface area contributed by atoms with Crippen LogP contribution in [-0.2, 0) is 14.3 Å². The molecule has 5 heteroatoms. The highest BCUT2D eigenvalue weighted by Gasteiger charge is 2.91. The van der Waals surface area contributed by atoms with Gasteiger partial charge >= 0.3 is 11.9 Å². The molecule has 0 aromatic heterocycles. The number of ether oxygens (including phenoxy) is 1. The Morgan fingerprint density at radius 2 is 2.06 bits per heavy atom. The van der Waals surface area contributed by atoms with Crippen molar-refractivity contribution >= 4 is 11.8 Å². The van der Waals surface area contributed by atoms with Gasteiger partial charge in [-0.15, -0.1) is 0 Å². The highest BCUT2D eigenvalue weighted by Crippen LogP contribution is 2.87. The maximum Gasteiger partial charge on any atom is 0.377 e. The van der Waals surface area contributed by atoms with Gasteiger partial charge in [0.1, 0.15) is 11.4 Å². The first kappa shape index (κ1) is 9.97. The van der Waals surface area contributed by atoms with Gasteiger partial charge in [-0.3, -0.25) is 4.79 Å². The lowest BCUT2D eigenvalue weighted by atomic mass is 9.47. The summed E-state index contributed by atoms with van der Waals surface area (Å²) in [7, 11) is 0. The number of carbonyl (C=O) groups is 2. The maximum absolute atomic E-state index is 12.8. The lowest BCUT2D eigenvalue weighted by Gasteiger charge is -2.53. The van der Waals surface area contributed by atoms with Crippen LogP contribution in [0.3, 0.4) is 0 Å². The predicted molar refractivity (Wildman–Crippen MR) is 51.2 cm³/mol. The molecule has 4 aliphatic carbocycles. The molecule has 0 aromatic carbocycles. The van der Waals surface area contributed by atoms with E-state index in [0.29, 0.717) is 25.7 Å². The van der Waals surface area contributed by atoms with Crippen LogP contribution in [0, 0.1) is 23.2 Å². The fourth-order valence-electron chi connectivity index (χ4n) is 4.61. The normalized spacial score (nSPS) is 53.1. The van der Waals surface area contributed by atoms with Crippen LogP contribution in [0.25, 0.3) is 0 Å². The van der Waals surface area contributed by atoms with E-state index >= 15 is 0 Å². The molecule has 0 heterocycles. The molecule has 92 valence electrons. The van der Waals surface area contributed by atoms with Crippen molar-refractivity contribution in [1.29, 1.82) is 0 Å². The van der Waals surface area contributed by atoms with Crippen LogP contribution < -0.4 is 0 Å². The average molecular weight is 242 g/mol. The Hall–Kier alpha value is -1.00. The molecule has 1 spiro atoms. The standard InChI is InChI=1S/C12H12F2O3/c1-10(13,14)9(16)17-12-3-6-7-5(8(6)15)2-11(7,12)4-12/h5-7H,2-4H2,1H3. The Kier molecular flexibility index (Phi) is 1.33. The summed E-state index contributed by atoms with van der Waals surface area (Å²) in [5.41, 5.74) is -0.821. The van der Waals surface area contributed by atoms with Crippen molar-refractivity contribution < 1.29 is 23.1 Å². The number of halogens is 2. The van der Waals surface area contributed by atoms with Crippen molar-refractivity contribution in [3.05, 3.63) is 0 Å². The third kappa shape index (κ3) is 0.838.